The van der Waals surface area contributed by atoms with Gasteiger partial charge in [-0.1, -0.05) is 13.3 Å². The summed E-state index contributed by atoms with van der Waals surface area (Å²) in [5, 5.41) is 8.53. The summed E-state index contributed by atoms with van der Waals surface area (Å²) in [5.41, 5.74) is 0. The Morgan fingerprint density at radius 2 is 1.94 bits per heavy atom. The molecule has 0 spiro atoms. The van der Waals surface area contributed by atoms with Crippen LogP contribution in [0.3, 0.4) is 0 Å². The number of hydrogen-bond donors (Lipinski definition) is 1. The van der Waals surface area contributed by atoms with Gasteiger partial charge in [0, 0.05) is 13.0 Å². The van der Waals surface area contributed by atoms with Gasteiger partial charge in [-0.05, 0) is 26.2 Å². The standard InChI is InChI=1S/C12H22O5/c1-3-5-9-17-10(12(15)16-4-2)7-6-8-11(13)14/h10H,3-9H2,1-2H3,(H,13,14). The summed E-state index contributed by atoms with van der Waals surface area (Å²) in [4.78, 5) is 21.9. The van der Waals surface area contributed by atoms with E-state index in [4.69, 9.17) is 14.6 Å². The van der Waals surface area contributed by atoms with Gasteiger partial charge in [-0.25, -0.2) is 4.79 Å². The maximum Gasteiger partial charge on any atom is 0.335 e. The zero-order chi connectivity index (χ0) is 13.1. The summed E-state index contributed by atoms with van der Waals surface area (Å²) in [6, 6.07) is 0. The van der Waals surface area contributed by atoms with Crippen molar-refractivity contribution < 1.29 is 24.2 Å². The molecule has 0 aliphatic heterocycles. The molecule has 0 bridgehead atoms. The number of carbonyl (C=O) groups is 2. The first-order valence-corrected chi connectivity index (χ1v) is 6.11. The van der Waals surface area contributed by atoms with E-state index in [0.29, 0.717) is 26.1 Å². The van der Waals surface area contributed by atoms with Crippen molar-refractivity contribution in [2.75, 3.05) is 13.2 Å². The van der Waals surface area contributed by atoms with Crippen LogP contribution in [0.25, 0.3) is 0 Å². The molecule has 100 valence electrons. The van der Waals surface area contributed by atoms with Crippen LogP contribution >= 0.6 is 0 Å². The van der Waals surface area contributed by atoms with Gasteiger partial charge in [-0.3, -0.25) is 4.79 Å². The van der Waals surface area contributed by atoms with Crippen LogP contribution in [-0.4, -0.2) is 36.4 Å². The van der Waals surface area contributed by atoms with Crippen molar-refractivity contribution in [2.24, 2.45) is 0 Å². The average molecular weight is 246 g/mol. The fraction of sp³-hybridized carbons (Fsp3) is 0.833. The van der Waals surface area contributed by atoms with Gasteiger partial charge in [-0.15, -0.1) is 0 Å². The van der Waals surface area contributed by atoms with E-state index in [1.54, 1.807) is 6.92 Å². The largest absolute Gasteiger partial charge is 0.481 e. The van der Waals surface area contributed by atoms with E-state index in [0.717, 1.165) is 12.8 Å². The first kappa shape index (κ1) is 15.9. The molecule has 0 fully saturated rings. The van der Waals surface area contributed by atoms with Crippen molar-refractivity contribution in [3.63, 3.8) is 0 Å². The predicted molar refractivity (Wildman–Crippen MR) is 62.8 cm³/mol. The second-order valence-corrected chi connectivity index (χ2v) is 3.75. The molecule has 0 saturated heterocycles. The molecule has 0 aliphatic rings. The zero-order valence-corrected chi connectivity index (χ0v) is 10.6. The minimum Gasteiger partial charge on any atom is -0.481 e. The number of carboxylic acid groups (broad SMARTS) is 1. The molecule has 0 saturated carbocycles. The lowest BCUT2D eigenvalue weighted by molar-refractivity contribution is -0.157. The first-order chi connectivity index (χ1) is 8.11. The average Bonchev–Trinajstić information content (AvgIpc) is 2.27. The SMILES string of the molecule is CCCCOC(CCCC(=O)O)C(=O)OCC. The highest BCUT2D eigenvalue weighted by atomic mass is 16.6. The van der Waals surface area contributed by atoms with Gasteiger partial charge in [0.15, 0.2) is 6.10 Å². The molecule has 0 aromatic carbocycles. The zero-order valence-electron chi connectivity index (χ0n) is 10.6. The van der Waals surface area contributed by atoms with Crippen LogP contribution < -0.4 is 0 Å². The predicted octanol–water partition coefficient (Wildman–Crippen LogP) is 1.99. The van der Waals surface area contributed by atoms with Gasteiger partial charge in [0.25, 0.3) is 0 Å². The third-order valence-corrected chi connectivity index (χ3v) is 2.22. The van der Waals surface area contributed by atoms with Crippen LogP contribution in [0.5, 0.6) is 0 Å². The third kappa shape index (κ3) is 8.68. The molecule has 17 heavy (non-hydrogen) atoms. The van der Waals surface area contributed by atoms with Gasteiger partial charge in [0.1, 0.15) is 0 Å². The highest BCUT2D eigenvalue weighted by Crippen LogP contribution is 2.08. The van der Waals surface area contributed by atoms with Gasteiger partial charge in [0.05, 0.1) is 6.61 Å². The van der Waals surface area contributed by atoms with E-state index in [2.05, 4.69) is 0 Å². The van der Waals surface area contributed by atoms with Gasteiger partial charge in [-0.2, -0.15) is 0 Å². The number of rotatable bonds is 10. The van der Waals surface area contributed by atoms with Crippen molar-refractivity contribution in [1.29, 1.82) is 0 Å². The Labute approximate surface area is 102 Å². The van der Waals surface area contributed by atoms with Gasteiger partial charge >= 0.3 is 11.9 Å². The maximum absolute atomic E-state index is 11.5. The lowest BCUT2D eigenvalue weighted by Crippen LogP contribution is -2.27. The van der Waals surface area contributed by atoms with Crippen molar-refractivity contribution in [3.8, 4) is 0 Å². The smallest absolute Gasteiger partial charge is 0.335 e. The molecule has 0 aromatic heterocycles. The second kappa shape index (κ2) is 10.1. The fourth-order valence-electron chi connectivity index (χ4n) is 1.31. The van der Waals surface area contributed by atoms with Crippen molar-refractivity contribution in [2.45, 2.75) is 52.1 Å². The summed E-state index contributed by atoms with van der Waals surface area (Å²) in [6.45, 7) is 4.59. The number of aliphatic carboxylic acids is 1. The summed E-state index contributed by atoms with van der Waals surface area (Å²) in [7, 11) is 0. The molecule has 1 unspecified atom stereocenters. The number of carboxylic acids is 1. The molecule has 1 atom stereocenters. The van der Waals surface area contributed by atoms with Crippen LogP contribution in [0.2, 0.25) is 0 Å². The van der Waals surface area contributed by atoms with Crippen LogP contribution in [0, 0.1) is 0 Å². The molecule has 0 aliphatic carbocycles. The van der Waals surface area contributed by atoms with E-state index >= 15 is 0 Å². The molecule has 5 heteroatoms. The summed E-state index contributed by atoms with van der Waals surface area (Å²) in [5.74, 6) is -1.25. The minimum absolute atomic E-state index is 0.0487. The molecule has 0 heterocycles. The Morgan fingerprint density at radius 3 is 2.47 bits per heavy atom. The first-order valence-electron chi connectivity index (χ1n) is 6.11. The Balaban J connectivity index is 4.00. The van der Waals surface area contributed by atoms with Crippen molar-refractivity contribution in [1.82, 2.24) is 0 Å². The van der Waals surface area contributed by atoms with Crippen LogP contribution in [-0.2, 0) is 19.1 Å². The van der Waals surface area contributed by atoms with E-state index in [1.807, 2.05) is 6.92 Å². The van der Waals surface area contributed by atoms with Crippen LogP contribution in [0.4, 0.5) is 0 Å². The van der Waals surface area contributed by atoms with Crippen LogP contribution in [0.1, 0.15) is 46.0 Å². The monoisotopic (exact) mass is 246 g/mol. The Hall–Kier alpha value is -1.10. The Morgan fingerprint density at radius 1 is 1.24 bits per heavy atom. The molecular weight excluding hydrogens is 224 g/mol. The van der Waals surface area contributed by atoms with E-state index in [9.17, 15) is 9.59 Å². The number of hydrogen-bond acceptors (Lipinski definition) is 4. The normalized spacial score (nSPS) is 12.1. The highest BCUT2D eigenvalue weighted by Gasteiger charge is 2.20. The molecular formula is C12H22O5. The molecule has 0 aromatic rings. The van der Waals surface area contributed by atoms with E-state index in [-0.39, 0.29) is 6.42 Å². The second-order valence-electron chi connectivity index (χ2n) is 3.75. The summed E-state index contributed by atoms with van der Waals surface area (Å²) in [6.07, 6.45) is 2.12. The number of ether oxygens (including phenoxy) is 2. The lowest BCUT2D eigenvalue weighted by atomic mass is 10.1. The highest BCUT2D eigenvalue weighted by molar-refractivity contribution is 5.74. The number of esters is 1. The van der Waals surface area contributed by atoms with Gasteiger partial charge < -0.3 is 14.6 Å². The Bertz CT molecular complexity index is 227. The minimum atomic E-state index is -0.860. The molecule has 0 rings (SSSR count). The summed E-state index contributed by atoms with van der Waals surface area (Å²) < 4.78 is 10.3. The number of carbonyl (C=O) groups excluding carboxylic acids is 1. The van der Waals surface area contributed by atoms with Crippen molar-refractivity contribution in [3.05, 3.63) is 0 Å². The quantitative estimate of drug-likeness (QED) is 0.471. The number of unbranched alkanes of at least 4 members (excludes halogenated alkanes) is 1. The van der Waals surface area contributed by atoms with E-state index in [1.165, 1.54) is 0 Å². The topological polar surface area (TPSA) is 72.8 Å². The van der Waals surface area contributed by atoms with Gasteiger partial charge in [0.2, 0.25) is 0 Å². The van der Waals surface area contributed by atoms with Crippen molar-refractivity contribution >= 4 is 11.9 Å². The molecule has 0 amide bonds. The molecule has 1 N–H and O–H groups in total. The third-order valence-electron chi connectivity index (χ3n) is 2.22. The lowest BCUT2D eigenvalue weighted by Gasteiger charge is -2.15. The maximum atomic E-state index is 11.5. The fourth-order valence-corrected chi connectivity index (χ4v) is 1.31. The van der Waals surface area contributed by atoms with E-state index < -0.39 is 18.0 Å². The molecule has 5 nitrogen and oxygen atoms in total. The Kier molecular flexibility index (Phi) is 9.43. The summed E-state index contributed by atoms with van der Waals surface area (Å²) >= 11 is 0. The molecule has 0 radical (unpaired) electrons. The van der Waals surface area contributed by atoms with Crippen LogP contribution in [0.15, 0.2) is 0 Å².